The highest BCUT2D eigenvalue weighted by molar-refractivity contribution is 5.83. The van der Waals surface area contributed by atoms with E-state index in [1.165, 1.54) is 6.33 Å². The minimum Gasteiger partial charge on any atom is -0.481 e. The summed E-state index contributed by atoms with van der Waals surface area (Å²) in [5.74, 6) is -0.190. The largest absolute Gasteiger partial charge is 0.481 e. The van der Waals surface area contributed by atoms with E-state index in [1.54, 1.807) is 10.9 Å². The molecule has 1 saturated heterocycles. The van der Waals surface area contributed by atoms with Crippen LogP contribution in [0, 0.1) is 0 Å². The zero-order valence-corrected chi connectivity index (χ0v) is 15.7. The number of imidazole rings is 1. The van der Waals surface area contributed by atoms with Gasteiger partial charge in [0.05, 0.1) is 18.8 Å². The smallest absolute Gasteiger partial charge is 0.407 e. The lowest BCUT2D eigenvalue weighted by Crippen LogP contribution is -2.40. The number of aryl methyl sites for hydroxylation is 1. The van der Waals surface area contributed by atoms with E-state index in [0.29, 0.717) is 36.6 Å². The molecule has 146 valence electrons. The maximum absolute atomic E-state index is 12.0. The van der Waals surface area contributed by atoms with Crippen molar-refractivity contribution in [2.45, 2.75) is 51.8 Å². The highest BCUT2D eigenvalue weighted by Gasteiger charge is 2.28. The molecule has 1 fully saturated rings. The van der Waals surface area contributed by atoms with E-state index >= 15 is 0 Å². The molecule has 27 heavy (non-hydrogen) atoms. The Morgan fingerprint density at radius 3 is 2.81 bits per heavy atom. The molecule has 2 aromatic rings. The van der Waals surface area contributed by atoms with Crippen molar-refractivity contribution in [1.29, 1.82) is 0 Å². The van der Waals surface area contributed by atoms with Gasteiger partial charge in [-0.15, -0.1) is 0 Å². The average Bonchev–Trinajstić information content (AvgIpc) is 3.17. The second kappa shape index (κ2) is 7.37. The summed E-state index contributed by atoms with van der Waals surface area (Å²) in [6.07, 6.45) is 3.37. The molecule has 2 aromatic heterocycles. The van der Waals surface area contributed by atoms with Crippen molar-refractivity contribution in [2.75, 3.05) is 18.0 Å². The van der Waals surface area contributed by atoms with Gasteiger partial charge in [-0.25, -0.2) is 19.7 Å². The third kappa shape index (κ3) is 4.63. The minimum atomic E-state index is -0.873. The number of aliphatic carboxylic acids is 1. The third-order valence-corrected chi connectivity index (χ3v) is 4.16. The predicted molar refractivity (Wildman–Crippen MR) is 97.6 cm³/mol. The summed E-state index contributed by atoms with van der Waals surface area (Å²) >= 11 is 0. The van der Waals surface area contributed by atoms with E-state index in [2.05, 4.69) is 20.3 Å². The van der Waals surface area contributed by atoms with Gasteiger partial charge in [-0.05, 0) is 27.2 Å². The van der Waals surface area contributed by atoms with Crippen LogP contribution in [0.2, 0.25) is 0 Å². The van der Waals surface area contributed by atoms with E-state index in [4.69, 9.17) is 9.84 Å². The van der Waals surface area contributed by atoms with Crippen LogP contribution in [-0.2, 0) is 16.1 Å². The molecule has 1 unspecified atom stereocenters. The maximum atomic E-state index is 12.0. The van der Waals surface area contributed by atoms with Crippen molar-refractivity contribution in [3.8, 4) is 0 Å². The molecule has 1 amide bonds. The monoisotopic (exact) mass is 376 g/mol. The Morgan fingerprint density at radius 2 is 2.11 bits per heavy atom. The van der Waals surface area contributed by atoms with Crippen LogP contribution in [-0.4, -0.2) is 61.4 Å². The molecular formula is C17H24N6O4. The number of carbonyl (C=O) groups is 2. The molecule has 10 heteroatoms. The number of carboxylic acid groups (broad SMARTS) is 1. The molecule has 1 atom stereocenters. The molecule has 1 aliphatic heterocycles. The predicted octanol–water partition coefficient (Wildman–Crippen LogP) is 1.40. The number of fused-ring (bicyclic) bond motifs is 1. The van der Waals surface area contributed by atoms with Crippen LogP contribution in [0.4, 0.5) is 10.6 Å². The topological polar surface area (TPSA) is 122 Å². The van der Waals surface area contributed by atoms with Gasteiger partial charge in [0, 0.05) is 19.6 Å². The second-order valence-corrected chi connectivity index (χ2v) is 7.53. The van der Waals surface area contributed by atoms with Gasteiger partial charge in [0.15, 0.2) is 17.0 Å². The van der Waals surface area contributed by atoms with Gasteiger partial charge in [-0.1, -0.05) is 0 Å². The van der Waals surface area contributed by atoms with Crippen molar-refractivity contribution < 1.29 is 19.4 Å². The van der Waals surface area contributed by atoms with E-state index in [1.807, 2.05) is 25.7 Å². The first-order valence-electron chi connectivity index (χ1n) is 8.85. The summed E-state index contributed by atoms with van der Waals surface area (Å²) < 4.78 is 7.01. The number of hydrogen-bond donors (Lipinski definition) is 2. The number of nitrogens with zero attached hydrogens (tertiary/aromatic N) is 5. The van der Waals surface area contributed by atoms with E-state index in [-0.39, 0.29) is 12.5 Å². The number of aromatic nitrogens is 4. The lowest BCUT2D eigenvalue weighted by molar-refractivity contribution is -0.137. The first kappa shape index (κ1) is 18.9. The fourth-order valence-electron chi connectivity index (χ4n) is 3.02. The third-order valence-electron chi connectivity index (χ3n) is 4.16. The molecule has 0 saturated carbocycles. The van der Waals surface area contributed by atoms with Gasteiger partial charge in [-0.2, -0.15) is 0 Å². The summed E-state index contributed by atoms with van der Waals surface area (Å²) in [5, 5.41) is 11.7. The fraction of sp³-hybridized carbons (Fsp3) is 0.588. The van der Waals surface area contributed by atoms with Gasteiger partial charge >= 0.3 is 12.1 Å². The number of carbonyl (C=O) groups excluding carboxylic acids is 1. The molecule has 1 aliphatic rings. The SMILES string of the molecule is CC(C)(C)OC(=O)NC1CCN(c2ncnc3c2ncn3CCC(=O)O)C1. The van der Waals surface area contributed by atoms with Crippen LogP contribution in [0.25, 0.3) is 11.2 Å². The Kier molecular flexibility index (Phi) is 5.15. The summed E-state index contributed by atoms with van der Waals surface area (Å²) in [5.41, 5.74) is 0.690. The van der Waals surface area contributed by atoms with Crippen molar-refractivity contribution in [3.05, 3.63) is 12.7 Å². The molecule has 0 aromatic carbocycles. The minimum absolute atomic E-state index is 0.00358. The van der Waals surface area contributed by atoms with Crippen LogP contribution >= 0.6 is 0 Å². The molecule has 0 radical (unpaired) electrons. The molecule has 10 nitrogen and oxygen atoms in total. The van der Waals surface area contributed by atoms with Gasteiger partial charge in [-0.3, -0.25) is 4.79 Å². The Hall–Kier alpha value is -2.91. The summed E-state index contributed by atoms with van der Waals surface area (Å²) in [6.45, 7) is 7.08. The van der Waals surface area contributed by atoms with E-state index in [0.717, 1.165) is 6.42 Å². The maximum Gasteiger partial charge on any atom is 0.407 e. The number of ether oxygens (including phenoxy) is 1. The van der Waals surface area contributed by atoms with Gasteiger partial charge in [0.1, 0.15) is 11.9 Å². The molecule has 0 bridgehead atoms. The van der Waals surface area contributed by atoms with Crippen molar-refractivity contribution in [1.82, 2.24) is 24.8 Å². The Bertz CT molecular complexity index is 844. The van der Waals surface area contributed by atoms with Crippen molar-refractivity contribution in [2.24, 2.45) is 0 Å². The van der Waals surface area contributed by atoms with Crippen LogP contribution in [0.5, 0.6) is 0 Å². The normalized spacial score (nSPS) is 17.3. The van der Waals surface area contributed by atoms with Crippen LogP contribution < -0.4 is 10.2 Å². The number of anilines is 1. The average molecular weight is 376 g/mol. The molecule has 3 heterocycles. The van der Waals surface area contributed by atoms with Crippen LogP contribution in [0.1, 0.15) is 33.6 Å². The van der Waals surface area contributed by atoms with Gasteiger partial charge in [0.25, 0.3) is 0 Å². The Morgan fingerprint density at radius 1 is 1.33 bits per heavy atom. The molecule has 0 spiro atoms. The fourth-order valence-corrected chi connectivity index (χ4v) is 3.02. The zero-order chi connectivity index (χ0) is 19.6. The zero-order valence-electron chi connectivity index (χ0n) is 15.7. The van der Waals surface area contributed by atoms with E-state index in [9.17, 15) is 9.59 Å². The highest BCUT2D eigenvalue weighted by atomic mass is 16.6. The standard InChI is InChI=1S/C17H24N6O4/c1-17(2,3)27-16(26)21-11-4-6-22(8-11)14-13-15(19-9-18-14)23(10-20-13)7-5-12(24)25/h9-11H,4-8H2,1-3H3,(H,21,26)(H,24,25). The second-order valence-electron chi connectivity index (χ2n) is 7.53. The van der Waals surface area contributed by atoms with Crippen molar-refractivity contribution >= 4 is 29.0 Å². The number of alkyl carbamates (subject to hydrolysis) is 1. The highest BCUT2D eigenvalue weighted by Crippen LogP contribution is 2.25. The quantitative estimate of drug-likeness (QED) is 0.803. The van der Waals surface area contributed by atoms with Crippen LogP contribution in [0.15, 0.2) is 12.7 Å². The van der Waals surface area contributed by atoms with E-state index < -0.39 is 17.7 Å². The number of carboxylic acids is 1. The van der Waals surface area contributed by atoms with Crippen molar-refractivity contribution in [3.63, 3.8) is 0 Å². The summed E-state index contributed by atoms with van der Waals surface area (Å²) in [4.78, 5) is 37.8. The number of amides is 1. The van der Waals surface area contributed by atoms with Crippen LogP contribution in [0.3, 0.4) is 0 Å². The Labute approximate surface area is 156 Å². The summed E-state index contributed by atoms with van der Waals surface area (Å²) in [7, 11) is 0. The lowest BCUT2D eigenvalue weighted by atomic mass is 10.2. The van der Waals surface area contributed by atoms with Gasteiger partial charge < -0.3 is 24.6 Å². The molecule has 0 aliphatic carbocycles. The lowest BCUT2D eigenvalue weighted by Gasteiger charge is -2.22. The molecule has 2 N–H and O–H groups in total. The number of rotatable bonds is 5. The molecule has 3 rings (SSSR count). The van der Waals surface area contributed by atoms with Gasteiger partial charge in [0.2, 0.25) is 0 Å². The summed E-state index contributed by atoms with van der Waals surface area (Å²) in [6, 6.07) is -0.0426. The first-order chi connectivity index (χ1) is 12.7. The number of nitrogens with one attached hydrogen (secondary N) is 1. The Balaban J connectivity index is 1.69. The first-order valence-corrected chi connectivity index (χ1v) is 8.85. The number of hydrogen-bond acceptors (Lipinski definition) is 7. The molecular weight excluding hydrogens is 352 g/mol.